The smallest absolute Gasteiger partial charge is 0.0407 e. The normalized spacial score (nSPS) is 16.4. The molecule has 0 N–H and O–H groups in total. The van der Waals surface area contributed by atoms with Gasteiger partial charge in [0.05, 0.1) is 0 Å². The van der Waals surface area contributed by atoms with Gasteiger partial charge in [0.2, 0.25) is 0 Å². The summed E-state index contributed by atoms with van der Waals surface area (Å²) in [6, 6.07) is 1.44. The van der Waals surface area contributed by atoms with Crippen molar-refractivity contribution in [3.05, 3.63) is 11.6 Å². The second-order valence-corrected chi connectivity index (χ2v) is 6.08. The Hall–Kier alpha value is -0.0831. The largest absolute Gasteiger partial charge is 0.304 e. The number of rotatable bonds is 8. The van der Waals surface area contributed by atoms with E-state index in [-0.39, 0.29) is 9.52 Å². The highest BCUT2D eigenvalue weighted by Gasteiger charge is 2.15. The zero-order valence-electron chi connectivity index (χ0n) is 9.89. The molecule has 0 unspecified atom stereocenters. The molecule has 0 spiro atoms. The van der Waals surface area contributed by atoms with Crippen molar-refractivity contribution < 1.29 is 0 Å². The molecule has 1 saturated heterocycles. The van der Waals surface area contributed by atoms with Crippen molar-refractivity contribution >= 4 is 9.52 Å². The predicted molar refractivity (Wildman–Crippen MR) is 67.7 cm³/mol. The van der Waals surface area contributed by atoms with Crippen molar-refractivity contribution in [3.63, 3.8) is 0 Å². The molecule has 0 aliphatic carbocycles. The van der Waals surface area contributed by atoms with Crippen LogP contribution < -0.4 is 0 Å². The van der Waals surface area contributed by atoms with Gasteiger partial charge in [-0.05, 0) is 25.1 Å². The quantitative estimate of drug-likeness (QED) is 0.258. The van der Waals surface area contributed by atoms with Crippen LogP contribution in [0.4, 0.5) is 0 Å². The second-order valence-electron chi connectivity index (χ2n) is 4.35. The molecule has 0 aromatic carbocycles. The second kappa shape index (κ2) is 7.24. The summed E-state index contributed by atoms with van der Waals surface area (Å²) in [5.74, 6) is 0. The van der Waals surface area contributed by atoms with Gasteiger partial charge >= 0.3 is 0 Å². The van der Waals surface area contributed by atoms with Crippen molar-refractivity contribution in [1.82, 2.24) is 4.90 Å². The third-order valence-corrected chi connectivity index (χ3v) is 4.44. The fraction of sp³-hybridized carbons (Fsp3) is 0.833. The Labute approximate surface area is 91.4 Å². The first-order valence-electron chi connectivity index (χ1n) is 6.27. The average Bonchev–Trinajstić information content (AvgIpc) is 2.96. The van der Waals surface area contributed by atoms with Gasteiger partial charge in [0.15, 0.2) is 0 Å². The first kappa shape index (κ1) is 12.0. The summed E-state index contributed by atoms with van der Waals surface area (Å²) < 4.78 is 0. The maximum absolute atomic E-state index is 2.57. The predicted octanol–water partition coefficient (Wildman–Crippen LogP) is 2.37. The molecule has 0 radical (unpaired) electrons. The van der Waals surface area contributed by atoms with E-state index in [0.29, 0.717) is 0 Å². The Balaban J connectivity index is 2.08. The number of allylic oxidation sites excluding steroid dienone is 2. The summed E-state index contributed by atoms with van der Waals surface area (Å²) in [5, 5.41) is 0. The Morgan fingerprint density at radius 1 is 1.21 bits per heavy atom. The van der Waals surface area contributed by atoms with Crippen LogP contribution in [0.25, 0.3) is 0 Å². The van der Waals surface area contributed by atoms with E-state index in [1.807, 2.05) is 0 Å². The van der Waals surface area contributed by atoms with E-state index < -0.39 is 0 Å². The minimum absolute atomic E-state index is 0.199. The van der Waals surface area contributed by atoms with Crippen molar-refractivity contribution in [2.45, 2.75) is 45.6 Å². The van der Waals surface area contributed by atoms with E-state index in [4.69, 9.17) is 0 Å². The van der Waals surface area contributed by atoms with Gasteiger partial charge in [0.1, 0.15) is 0 Å². The fourth-order valence-corrected chi connectivity index (χ4v) is 3.58. The first-order chi connectivity index (χ1) is 6.86. The molecule has 1 aliphatic heterocycles. The molecule has 82 valence electrons. The highest BCUT2D eigenvalue weighted by Crippen LogP contribution is 2.13. The lowest BCUT2D eigenvalue weighted by atomic mass is 10.1. The summed E-state index contributed by atoms with van der Waals surface area (Å²) in [6.45, 7) is 7.34. The van der Waals surface area contributed by atoms with E-state index in [1.165, 1.54) is 51.0 Å². The van der Waals surface area contributed by atoms with E-state index in [0.717, 1.165) is 0 Å². The Kier molecular flexibility index (Phi) is 6.20. The summed E-state index contributed by atoms with van der Waals surface area (Å²) >= 11 is 0. The molecular weight excluding hydrogens is 186 g/mol. The molecule has 1 fully saturated rings. The first-order valence-corrected chi connectivity index (χ1v) is 8.27. The number of hydrogen-bond donors (Lipinski definition) is 0. The Bertz CT molecular complexity index is 165. The van der Waals surface area contributed by atoms with E-state index in [9.17, 15) is 0 Å². The van der Waals surface area contributed by atoms with Crippen molar-refractivity contribution in [2.24, 2.45) is 0 Å². The molecule has 0 aromatic heterocycles. The zero-order chi connectivity index (χ0) is 10.2. The summed E-state index contributed by atoms with van der Waals surface area (Å²) in [5.41, 5.74) is 1.73. The van der Waals surface area contributed by atoms with Crippen LogP contribution in [0, 0.1) is 0 Å². The van der Waals surface area contributed by atoms with Gasteiger partial charge in [-0.2, -0.15) is 0 Å². The van der Waals surface area contributed by atoms with Crippen LogP contribution in [-0.4, -0.2) is 33.7 Å². The standard InChI is InChI=1S/C12H25NSi/c1-3-5-12(6-4-2)7-10-14-11-13-8-9-13/h7H,3-6,8-11,14H2,1-2H3. The van der Waals surface area contributed by atoms with E-state index in [2.05, 4.69) is 24.8 Å². The molecule has 1 aliphatic rings. The highest BCUT2D eigenvalue weighted by molar-refractivity contribution is 6.36. The lowest BCUT2D eigenvalue weighted by Crippen LogP contribution is -2.07. The molecule has 1 nitrogen and oxygen atoms in total. The van der Waals surface area contributed by atoms with Gasteiger partial charge in [0.25, 0.3) is 0 Å². The SMILES string of the molecule is CCCC(=CC[SiH2]CN1CC1)CCC. The molecule has 0 aromatic rings. The van der Waals surface area contributed by atoms with Crippen LogP contribution >= 0.6 is 0 Å². The summed E-state index contributed by atoms with van der Waals surface area (Å²) in [4.78, 5) is 2.57. The maximum Gasteiger partial charge on any atom is 0.0407 e. The molecule has 2 heteroatoms. The maximum atomic E-state index is 2.57. The van der Waals surface area contributed by atoms with Crippen LogP contribution in [0.1, 0.15) is 39.5 Å². The average molecular weight is 211 g/mol. The third-order valence-electron chi connectivity index (χ3n) is 2.79. The fourth-order valence-electron chi connectivity index (χ4n) is 1.89. The van der Waals surface area contributed by atoms with Crippen LogP contribution in [0.15, 0.2) is 11.6 Å². The molecular formula is C12H25NSi. The van der Waals surface area contributed by atoms with E-state index >= 15 is 0 Å². The molecule has 1 heterocycles. The number of hydrogen-bond acceptors (Lipinski definition) is 1. The highest BCUT2D eigenvalue weighted by atomic mass is 28.2. The van der Waals surface area contributed by atoms with Gasteiger partial charge in [-0.15, -0.1) is 0 Å². The topological polar surface area (TPSA) is 3.01 Å². The van der Waals surface area contributed by atoms with Gasteiger partial charge in [0, 0.05) is 22.6 Å². The zero-order valence-corrected chi connectivity index (χ0v) is 11.3. The van der Waals surface area contributed by atoms with Gasteiger partial charge in [-0.25, -0.2) is 0 Å². The van der Waals surface area contributed by atoms with Crippen molar-refractivity contribution in [1.29, 1.82) is 0 Å². The molecule has 14 heavy (non-hydrogen) atoms. The van der Waals surface area contributed by atoms with E-state index in [1.54, 1.807) is 5.57 Å². The summed E-state index contributed by atoms with van der Waals surface area (Å²) in [6.07, 6.45) is 9.34. The van der Waals surface area contributed by atoms with Crippen molar-refractivity contribution in [3.8, 4) is 0 Å². The van der Waals surface area contributed by atoms with Gasteiger partial charge in [-0.1, -0.05) is 38.3 Å². The molecule has 1 rings (SSSR count). The van der Waals surface area contributed by atoms with Crippen LogP contribution in [-0.2, 0) is 0 Å². The minimum Gasteiger partial charge on any atom is -0.304 e. The number of nitrogens with zero attached hydrogens (tertiary/aromatic N) is 1. The van der Waals surface area contributed by atoms with Crippen LogP contribution in [0.5, 0.6) is 0 Å². The van der Waals surface area contributed by atoms with Crippen molar-refractivity contribution in [2.75, 3.05) is 19.3 Å². The Morgan fingerprint density at radius 2 is 1.86 bits per heavy atom. The molecule has 0 atom stereocenters. The van der Waals surface area contributed by atoms with Crippen LogP contribution in [0.3, 0.4) is 0 Å². The molecule has 0 saturated carbocycles. The monoisotopic (exact) mass is 211 g/mol. The lowest BCUT2D eigenvalue weighted by molar-refractivity contribution is 0.659. The lowest BCUT2D eigenvalue weighted by Gasteiger charge is -2.04. The van der Waals surface area contributed by atoms with Gasteiger partial charge < -0.3 is 4.90 Å². The van der Waals surface area contributed by atoms with Gasteiger partial charge in [-0.3, -0.25) is 0 Å². The summed E-state index contributed by atoms with van der Waals surface area (Å²) in [7, 11) is 0.199. The molecule has 0 bridgehead atoms. The Morgan fingerprint density at radius 3 is 2.36 bits per heavy atom. The molecule has 0 amide bonds. The van der Waals surface area contributed by atoms with Crippen LogP contribution in [0.2, 0.25) is 6.04 Å². The third kappa shape index (κ3) is 5.61. The minimum atomic E-state index is 0.199.